The Labute approximate surface area is 119 Å². The van der Waals surface area contributed by atoms with Gasteiger partial charge in [0.05, 0.1) is 6.10 Å². The first kappa shape index (κ1) is 15.3. The highest BCUT2D eigenvalue weighted by molar-refractivity contribution is 5.82. The number of ether oxygens (including phenoxy) is 1. The Balaban J connectivity index is 1.60. The summed E-state index contributed by atoms with van der Waals surface area (Å²) in [7, 11) is 0. The fourth-order valence-corrected chi connectivity index (χ4v) is 2.46. The molecule has 2 rings (SSSR count). The van der Waals surface area contributed by atoms with Gasteiger partial charge in [-0.05, 0) is 19.3 Å². The van der Waals surface area contributed by atoms with Gasteiger partial charge in [0.25, 0.3) is 0 Å². The zero-order valence-corrected chi connectivity index (χ0v) is 12.1. The van der Waals surface area contributed by atoms with Crippen molar-refractivity contribution in [2.45, 2.75) is 44.8 Å². The summed E-state index contributed by atoms with van der Waals surface area (Å²) in [6.45, 7) is 4.90. The summed E-state index contributed by atoms with van der Waals surface area (Å²) in [4.78, 5) is 23.2. The summed E-state index contributed by atoms with van der Waals surface area (Å²) in [5, 5.41) is 15.7. The van der Waals surface area contributed by atoms with E-state index in [0.29, 0.717) is 25.5 Å². The molecule has 1 heterocycles. The van der Waals surface area contributed by atoms with Crippen molar-refractivity contribution in [2.24, 2.45) is 11.8 Å². The number of rotatable bonds is 6. The fourth-order valence-electron chi connectivity index (χ4n) is 2.46. The van der Waals surface area contributed by atoms with Gasteiger partial charge < -0.3 is 20.5 Å². The Morgan fingerprint density at radius 1 is 1.35 bits per heavy atom. The molecule has 114 valence electrons. The van der Waals surface area contributed by atoms with Crippen LogP contribution >= 0.6 is 0 Å². The molecule has 1 saturated heterocycles. The average Bonchev–Trinajstić information content (AvgIpc) is 3.04. The van der Waals surface area contributed by atoms with E-state index in [4.69, 9.17) is 4.74 Å². The predicted octanol–water partition coefficient (Wildman–Crippen LogP) is -0.195. The van der Waals surface area contributed by atoms with E-state index in [2.05, 4.69) is 10.6 Å². The van der Waals surface area contributed by atoms with Gasteiger partial charge in [-0.25, -0.2) is 0 Å². The largest absolute Gasteiger partial charge is 0.385 e. The van der Waals surface area contributed by atoms with E-state index in [0.717, 1.165) is 6.42 Å². The molecule has 0 radical (unpaired) electrons. The molecule has 2 fully saturated rings. The predicted molar refractivity (Wildman–Crippen MR) is 72.9 cm³/mol. The van der Waals surface area contributed by atoms with Crippen LogP contribution in [0.15, 0.2) is 0 Å². The molecule has 0 aromatic carbocycles. The zero-order valence-electron chi connectivity index (χ0n) is 12.1. The van der Waals surface area contributed by atoms with E-state index in [1.54, 1.807) is 6.92 Å². The van der Waals surface area contributed by atoms with Gasteiger partial charge in [0.2, 0.25) is 11.8 Å². The van der Waals surface area contributed by atoms with Crippen LogP contribution in [0, 0.1) is 11.8 Å². The molecule has 1 saturated carbocycles. The summed E-state index contributed by atoms with van der Waals surface area (Å²) in [5.74, 6) is 0.487. The molecule has 4 unspecified atom stereocenters. The number of hydrogen-bond donors (Lipinski definition) is 3. The highest BCUT2D eigenvalue weighted by Crippen LogP contribution is 2.37. The maximum atomic E-state index is 11.7. The van der Waals surface area contributed by atoms with E-state index in [1.807, 2.05) is 6.92 Å². The molecule has 0 aromatic heterocycles. The SMILES string of the molecule is CC1CC1C(=O)NCCC(=O)NCC1(O)CCOC1C. The number of nitrogens with one attached hydrogen (secondary N) is 2. The lowest BCUT2D eigenvalue weighted by molar-refractivity contribution is -0.124. The van der Waals surface area contributed by atoms with E-state index >= 15 is 0 Å². The highest BCUT2D eigenvalue weighted by Gasteiger charge is 2.40. The molecular weight excluding hydrogens is 260 g/mol. The van der Waals surface area contributed by atoms with Gasteiger partial charge in [-0.15, -0.1) is 0 Å². The normalized spacial score (nSPS) is 35.6. The van der Waals surface area contributed by atoms with Crippen LogP contribution in [-0.4, -0.2) is 48.3 Å². The van der Waals surface area contributed by atoms with Gasteiger partial charge in [-0.2, -0.15) is 0 Å². The zero-order chi connectivity index (χ0) is 14.8. The minimum absolute atomic E-state index is 0.0433. The molecule has 1 aliphatic heterocycles. The van der Waals surface area contributed by atoms with Crippen LogP contribution in [0.3, 0.4) is 0 Å². The van der Waals surface area contributed by atoms with E-state index in [1.165, 1.54) is 0 Å². The first-order valence-corrected chi connectivity index (χ1v) is 7.31. The molecule has 0 aromatic rings. The van der Waals surface area contributed by atoms with Crippen molar-refractivity contribution in [1.82, 2.24) is 10.6 Å². The quantitative estimate of drug-likeness (QED) is 0.630. The van der Waals surface area contributed by atoms with Crippen LogP contribution in [0.4, 0.5) is 0 Å². The number of carbonyl (C=O) groups is 2. The van der Waals surface area contributed by atoms with Crippen molar-refractivity contribution in [3.05, 3.63) is 0 Å². The fraction of sp³-hybridized carbons (Fsp3) is 0.857. The number of hydrogen-bond acceptors (Lipinski definition) is 4. The van der Waals surface area contributed by atoms with Crippen LogP contribution in [0.1, 0.15) is 33.1 Å². The summed E-state index contributed by atoms with van der Waals surface area (Å²) in [5.41, 5.74) is -0.970. The maximum Gasteiger partial charge on any atom is 0.223 e. The van der Waals surface area contributed by atoms with Gasteiger partial charge in [-0.3, -0.25) is 9.59 Å². The second-order valence-electron chi connectivity index (χ2n) is 6.00. The lowest BCUT2D eigenvalue weighted by Gasteiger charge is -2.26. The average molecular weight is 284 g/mol. The van der Waals surface area contributed by atoms with Crippen LogP contribution in [0.5, 0.6) is 0 Å². The summed E-state index contributed by atoms with van der Waals surface area (Å²) in [6, 6.07) is 0. The molecule has 0 spiro atoms. The van der Waals surface area contributed by atoms with E-state index in [9.17, 15) is 14.7 Å². The molecule has 4 atom stereocenters. The van der Waals surface area contributed by atoms with Gasteiger partial charge in [0.15, 0.2) is 0 Å². The first-order chi connectivity index (χ1) is 9.42. The lowest BCUT2D eigenvalue weighted by atomic mass is 9.97. The Bertz CT molecular complexity index is 387. The summed E-state index contributed by atoms with van der Waals surface area (Å²) in [6.07, 6.45) is 1.45. The summed E-state index contributed by atoms with van der Waals surface area (Å²) >= 11 is 0. The van der Waals surface area contributed by atoms with Gasteiger partial charge in [0.1, 0.15) is 5.60 Å². The van der Waals surface area contributed by atoms with Crippen molar-refractivity contribution < 1.29 is 19.4 Å². The topological polar surface area (TPSA) is 87.7 Å². The lowest BCUT2D eigenvalue weighted by Crippen LogP contribution is -2.47. The van der Waals surface area contributed by atoms with Gasteiger partial charge in [-0.1, -0.05) is 6.92 Å². The van der Waals surface area contributed by atoms with Gasteiger partial charge in [0, 0.05) is 38.5 Å². The van der Waals surface area contributed by atoms with Crippen LogP contribution in [-0.2, 0) is 14.3 Å². The molecule has 0 bridgehead atoms. The minimum atomic E-state index is -0.970. The third kappa shape index (κ3) is 3.70. The van der Waals surface area contributed by atoms with Crippen molar-refractivity contribution in [2.75, 3.05) is 19.7 Å². The van der Waals surface area contributed by atoms with Crippen molar-refractivity contribution in [3.8, 4) is 0 Å². The molecule has 6 nitrogen and oxygen atoms in total. The number of amides is 2. The molecule has 3 N–H and O–H groups in total. The smallest absolute Gasteiger partial charge is 0.223 e. The number of aliphatic hydroxyl groups is 1. The third-order valence-electron chi connectivity index (χ3n) is 4.35. The highest BCUT2D eigenvalue weighted by atomic mass is 16.5. The Morgan fingerprint density at radius 2 is 2.05 bits per heavy atom. The number of carbonyl (C=O) groups excluding carboxylic acids is 2. The monoisotopic (exact) mass is 284 g/mol. The molecule has 6 heteroatoms. The van der Waals surface area contributed by atoms with Crippen molar-refractivity contribution >= 4 is 11.8 Å². The van der Waals surface area contributed by atoms with Crippen LogP contribution < -0.4 is 10.6 Å². The molecular formula is C14H24N2O4. The molecule has 20 heavy (non-hydrogen) atoms. The van der Waals surface area contributed by atoms with Gasteiger partial charge >= 0.3 is 0 Å². The van der Waals surface area contributed by atoms with E-state index < -0.39 is 5.60 Å². The van der Waals surface area contributed by atoms with Crippen LogP contribution in [0.25, 0.3) is 0 Å². The van der Waals surface area contributed by atoms with Crippen molar-refractivity contribution in [1.29, 1.82) is 0 Å². The Hall–Kier alpha value is -1.14. The minimum Gasteiger partial charge on any atom is -0.385 e. The first-order valence-electron chi connectivity index (χ1n) is 7.31. The van der Waals surface area contributed by atoms with Crippen molar-refractivity contribution in [3.63, 3.8) is 0 Å². The molecule has 2 aliphatic rings. The summed E-state index contributed by atoms with van der Waals surface area (Å²) < 4.78 is 5.30. The van der Waals surface area contributed by atoms with E-state index in [-0.39, 0.29) is 36.8 Å². The standard InChI is InChI=1S/C14H24N2O4/c1-9-7-11(9)13(18)15-5-3-12(17)16-8-14(19)4-6-20-10(14)2/h9-11,19H,3-8H2,1-2H3,(H,15,18)(H,16,17). The van der Waals surface area contributed by atoms with Crippen LogP contribution in [0.2, 0.25) is 0 Å². The second kappa shape index (κ2) is 6.10. The molecule has 2 amide bonds. The molecule has 1 aliphatic carbocycles. The third-order valence-corrected chi connectivity index (χ3v) is 4.35. The second-order valence-corrected chi connectivity index (χ2v) is 6.00. The Kier molecular flexibility index (Phi) is 4.65. The maximum absolute atomic E-state index is 11.7. The Morgan fingerprint density at radius 3 is 2.60 bits per heavy atom.